The molecule has 1 atom stereocenters. The first-order valence-electron chi connectivity index (χ1n) is 8.06. The molecule has 0 bridgehead atoms. The maximum Gasteiger partial charge on any atom is 0.253 e. The van der Waals surface area contributed by atoms with E-state index < -0.39 is 0 Å². The fourth-order valence-corrected chi connectivity index (χ4v) is 2.39. The summed E-state index contributed by atoms with van der Waals surface area (Å²) in [5, 5.41) is 15.1. The number of rotatable bonds is 8. The van der Waals surface area contributed by atoms with Crippen molar-refractivity contribution >= 4 is 17.3 Å². The summed E-state index contributed by atoms with van der Waals surface area (Å²) in [5.41, 5.74) is 2.21. The second-order valence-electron chi connectivity index (χ2n) is 5.64. The van der Waals surface area contributed by atoms with Gasteiger partial charge in [0.1, 0.15) is 5.75 Å². The Kier molecular flexibility index (Phi) is 6.63. The molecule has 0 saturated carbocycles. The van der Waals surface area contributed by atoms with Crippen molar-refractivity contribution in [3.05, 3.63) is 54.1 Å². The van der Waals surface area contributed by atoms with Crippen molar-refractivity contribution in [2.24, 2.45) is 0 Å². The van der Waals surface area contributed by atoms with Crippen molar-refractivity contribution in [1.29, 1.82) is 0 Å². The van der Waals surface area contributed by atoms with Gasteiger partial charge in [-0.2, -0.15) is 0 Å². The Morgan fingerprint density at radius 2 is 1.88 bits per heavy atom. The number of aliphatic hydroxyl groups is 1. The van der Waals surface area contributed by atoms with Gasteiger partial charge in [-0.25, -0.2) is 0 Å². The highest BCUT2D eigenvalue weighted by atomic mass is 16.5. The SMILES string of the molecule is COc1ccc(Nc2ccccc2C(=O)NC(C)CCCO)cc1. The van der Waals surface area contributed by atoms with Crippen LogP contribution in [-0.4, -0.2) is 30.8 Å². The zero-order valence-corrected chi connectivity index (χ0v) is 14.1. The molecule has 0 spiro atoms. The minimum Gasteiger partial charge on any atom is -0.497 e. The van der Waals surface area contributed by atoms with E-state index in [0.29, 0.717) is 12.0 Å². The molecule has 5 heteroatoms. The molecule has 0 saturated heterocycles. The van der Waals surface area contributed by atoms with Crippen LogP contribution < -0.4 is 15.4 Å². The first kappa shape index (κ1) is 17.8. The summed E-state index contributed by atoms with van der Waals surface area (Å²) in [6.07, 6.45) is 1.42. The number of methoxy groups -OCH3 is 1. The van der Waals surface area contributed by atoms with Crippen molar-refractivity contribution in [3.63, 3.8) is 0 Å². The van der Waals surface area contributed by atoms with Crippen LogP contribution in [0.25, 0.3) is 0 Å². The summed E-state index contributed by atoms with van der Waals surface area (Å²) in [4.78, 5) is 12.5. The van der Waals surface area contributed by atoms with Gasteiger partial charge in [0.15, 0.2) is 0 Å². The lowest BCUT2D eigenvalue weighted by Gasteiger charge is -2.16. The summed E-state index contributed by atoms with van der Waals surface area (Å²) in [7, 11) is 1.63. The second kappa shape index (κ2) is 8.93. The normalized spacial score (nSPS) is 11.6. The van der Waals surface area contributed by atoms with Gasteiger partial charge in [0.05, 0.1) is 18.4 Å². The number of hydrogen-bond acceptors (Lipinski definition) is 4. The first-order chi connectivity index (χ1) is 11.6. The number of ether oxygens (including phenoxy) is 1. The van der Waals surface area contributed by atoms with Crippen molar-refractivity contribution < 1.29 is 14.6 Å². The van der Waals surface area contributed by atoms with Crippen molar-refractivity contribution in [1.82, 2.24) is 5.32 Å². The van der Waals surface area contributed by atoms with Crippen LogP contribution in [0.4, 0.5) is 11.4 Å². The van der Waals surface area contributed by atoms with E-state index in [1.807, 2.05) is 49.4 Å². The second-order valence-corrected chi connectivity index (χ2v) is 5.64. The highest BCUT2D eigenvalue weighted by molar-refractivity contribution is 6.00. The molecule has 1 unspecified atom stereocenters. The van der Waals surface area contributed by atoms with Gasteiger partial charge in [0, 0.05) is 18.3 Å². The van der Waals surface area contributed by atoms with Crippen molar-refractivity contribution in [3.8, 4) is 5.75 Å². The topological polar surface area (TPSA) is 70.6 Å². The monoisotopic (exact) mass is 328 g/mol. The molecule has 24 heavy (non-hydrogen) atoms. The van der Waals surface area contributed by atoms with Crippen LogP contribution in [0.1, 0.15) is 30.1 Å². The van der Waals surface area contributed by atoms with Crippen LogP contribution in [0, 0.1) is 0 Å². The van der Waals surface area contributed by atoms with Crippen LogP contribution in [0.15, 0.2) is 48.5 Å². The van der Waals surface area contributed by atoms with E-state index in [9.17, 15) is 4.79 Å². The van der Waals surface area contributed by atoms with Crippen LogP contribution in [0.5, 0.6) is 5.75 Å². The molecular weight excluding hydrogens is 304 g/mol. The molecule has 5 nitrogen and oxygen atoms in total. The number of carbonyl (C=O) groups is 1. The Balaban J connectivity index is 2.09. The fraction of sp³-hybridized carbons (Fsp3) is 0.316. The first-order valence-corrected chi connectivity index (χ1v) is 8.06. The molecule has 0 heterocycles. The largest absolute Gasteiger partial charge is 0.497 e. The van der Waals surface area contributed by atoms with E-state index in [1.54, 1.807) is 13.2 Å². The van der Waals surface area contributed by atoms with E-state index in [1.165, 1.54) is 0 Å². The molecule has 2 aromatic rings. The van der Waals surface area contributed by atoms with Gasteiger partial charge in [-0.1, -0.05) is 12.1 Å². The quantitative estimate of drug-likeness (QED) is 0.695. The van der Waals surface area contributed by atoms with E-state index in [4.69, 9.17) is 9.84 Å². The number of nitrogens with one attached hydrogen (secondary N) is 2. The van der Waals surface area contributed by atoms with Crippen molar-refractivity contribution in [2.45, 2.75) is 25.8 Å². The van der Waals surface area contributed by atoms with Gasteiger partial charge in [-0.15, -0.1) is 0 Å². The lowest BCUT2D eigenvalue weighted by molar-refractivity contribution is 0.0937. The lowest BCUT2D eigenvalue weighted by Crippen LogP contribution is -2.33. The molecule has 0 fully saturated rings. The predicted molar refractivity (Wildman–Crippen MR) is 96.0 cm³/mol. The van der Waals surface area contributed by atoms with Crippen LogP contribution in [0.3, 0.4) is 0 Å². The summed E-state index contributed by atoms with van der Waals surface area (Å²) in [6.45, 7) is 2.07. The van der Waals surface area contributed by atoms with Crippen molar-refractivity contribution in [2.75, 3.05) is 19.0 Å². The minimum atomic E-state index is -0.128. The Bertz CT molecular complexity index is 656. The Labute approximate surface area is 142 Å². The molecule has 3 N–H and O–H groups in total. The van der Waals surface area contributed by atoms with E-state index in [0.717, 1.165) is 23.5 Å². The average Bonchev–Trinajstić information content (AvgIpc) is 2.61. The van der Waals surface area contributed by atoms with Crippen LogP contribution in [0.2, 0.25) is 0 Å². The molecule has 0 radical (unpaired) electrons. The molecule has 2 aromatic carbocycles. The van der Waals surface area contributed by atoms with E-state index in [2.05, 4.69) is 10.6 Å². The van der Waals surface area contributed by atoms with E-state index >= 15 is 0 Å². The van der Waals surface area contributed by atoms with E-state index in [-0.39, 0.29) is 18.6 Å². The summed E-state index contributed by atoms with van der Waals surface area (Å²) >= 11 is 0. The Hall–Kier alpha value is -2.53. The van der Waals surface area contributed by atoms with Gasteiger partial charge in [-0.3, -0.25) is 4.79 Å². The number of amides is 1. The van der Waals surface area contributed by atoms with Gasteiger partial charge in [0.25, 0.3) is 5.91 Å². The molecular formula is C19H24N2O3. The standard InChI is InChI=1S/C19H24N2O3/c1-14(6-5-13-22)20-19(23)17-7-3-4-8-18(17)21-15-9-11-16(24-2)12-10-15/h3-4,7-12,14,21-22H,5-6,13H2,1-2H3,(H,20,23). The smallest absolute Gasteiger partial charge is 0.253 e. The zero-order chi connectivity index (χ0) is 17.4. The Morgan fingerprint density at radius 1 is 1.17 bits per heavy atom. The fourth-order valence-electron chi connectivity index (χ4n) is 2.39. The molecule has 0 aliphatic carbocycles. The highest BCUT2D eigenvalue weighted by Crippen LogP contribution is 2.23. The predicted octanol–water partition coefficient (Wildman–Crippen LogP) is 3.33. The lowest BCUT2D eigenvalue weighted by atomic mass is 10.1. The maximum absolute atomic E-state index is 12.5. The summed E-state index contributed by atoms with van der Waals surface area (Å²) in [6, 6.07) is 14.9. The molecule has 0 aliphatic rings. The number of carbonyl (C=O) groups excluding carboxylic acids is 1. The number of para-hydroxylation sites is 1. The number of hydrogen-bond donors (Lipinski definition) is 3. The number of aliphatic hydroxyl groups excluding tert-OH is 1. The van der Waals surface area contributed by atoms with Gasteiger partial charge in [-0.05, 0) is 56.2 Å². The highest BCUT2D eigenvalue weighted by Gasteiger charge is 2.13. The average molecular weight is 328 g/mol. The van der Waals surface area contributed by atoms with Gasteiger partial charge < -0.3 is 20.5 Å². The molecule has 128 valence electrons. The minimum absolute atomic E-state index is 0.0127. The summed E-state index contributed by atoms with van der Waals surface area (Å²) in [5.74, 6) is 0.654. The third-order valence-corrected chi connectivity index (χ3v) is 3.71. The zero-order valence-electron chi connectivity index (χ0n) is 14.1. The van der Waals surface area contributed by atoms with Crippen LogP contribution in [-0.2, 0) is 0 Å². The van der Waals surface area contributed by atoms with Gasteiger partial charge >= 0.3 is 0 Å². The maximum atomic E-state index is 12.5. The van der Waals surface area contributed by atoms with Crippen LogP contribution >= 0.6 is 0 Å². The number of anilines is 2. The molecule has 0 aliphatic heterocycles. The number of benzene rings is 2. The third kappa shape index (κ3) is 4.99. The van der Waals surface area contributed by atoms with Gasteiger partial charge in [0.2, 0.25) is 0 Å². The Morgan fingerprint density at radius 3 is 2.54 bits per heavy atom. The third-order valence-electron chi connectivity index (χ3n) is 3.71. The summed E-state index contributed by atoms with van der Waals surface area (Å²) < 4.78 is 5.15. The molecule has 2 rings (SSSR count). The molecule has 0 aromatic heterocycles. The molecule has 1 amide bonds.